The van der Waals surface area contributed by atoms with Crippen LogP contribution in [0, 0.1) is 5.41 Å². The number of nitrogens with zero attached hydrogens (tertiary/aromatic N) is 2. The van der Waals surface area contributed by atoms with E-state index in [9.17, 15) is 0 Å². The van der Waals surface area contributed by atoms with Crippen molar-refractivity contribution in [3.8, 4) is 0 Å². The van der Waals surface area contributed by atoms with E-state index >= 15 is 0 Å². The number of para-hydroxylation sites is 2. The molecule has 3 nitrogen and oxygen atoms in total. The average molecular weight is 257 g/mol. The molecule has 1 unspecified atom stereocenters. The normalized spacial score (nSPS) is 22.2. The summed E-state index contributed by atoms with van der Waals surface area (Å²) >= 11 is 0. The van der Waals surface area contributed by atoms with E-state index in [2.05, 4.69) is 49.0 Å². The Morgan fingerprint density at radius 3 is 2.84 bits per heavy atom. The van der Waals surface area contributed by atoms with Crippen LogP contribution < -0.4 is 5.32 Å². The molecule has 0 aliphatic heterocycles. The predicted molar refractivity (Wildman–Crippen MR) is 79.0 cm³/mol. The number of rotatable bonds is 3. The summed E-state index contributed by atoms with van der Waals surface area (Å²) in [5.41, 5.74) is 2.81. The van der Waals surface area contributed by atoms with Gasteiger partial charge in [-0.25, -0.2) is 4.98 Å². The molecule has 3 heteroatoms. The van der Waals surface area contributed by atoms with Crippen molar-refractivity contribution in [3.63, 3.8) is 0 Å². The van der Waals surface area contributed by atoms with Crippen LogP contribution in [-0.2, 0) is 13.6 Å². The summed E-state index contributed by atoms with van der Waals surface area (Å²) in [6.45, 7) is 5.60. The van der Waals surface area contributed by atoms with Gasteiger partial charge in [-0.15, -0.1) is 0 Å². The van der Waals surface area contributed by atoms with E-state index in [1.807, 2.05) is 6.07 Å². The molecule has 0 spiro atoms. The summed E-state index contributed by atoms with van der Waals surface area (Å²) in [5, 5.41) is 3.67. The van der Waals surface area contributed by atoms with Gasteiger partial charge >= 0.3 is 0 Å². The fourth-order valence-electron chi connectivity index (χ4n) is 3.20. The van der Waals surface area contributed by atoms with E-state index < -0.39 is 0 Å². The second kappa shape index (κ2) is 4.64. The number of hydrogen-bond acceptors (Lipinski definition) is 2. The summed E-state index contributed by atoms with van der Waals surface area (Å²) in [6.07, 6.45) is 3.89. The first kappa shape index (κ1) is 12.7. The summed E-state index contributed by atoms with van der Waals surface area (Å²) in [4.78, 5) is 4.71. The molecule has 0 amide bonds. The van der Waals surface area contributed by atoms with Gasteiger partial charge < -0.3 is 9.88 Å². The molecule has 1 aromatic carbocycles. The van der Waals surface area contributed by atoms with Crippen LogP contribution in [0.3, 0.4) is 0 Å². The van der Waals surface area contributed by atoms with Crippen molar-refractivity contribution < 1.29 is 0 Å². The lowest BCUT2D eigenvalue weighted by Crippen LogP contribution is -2.28. The minimum Gasteiger partial charge on any atom is -0.330 e. The van der Waals surface area contributed by atoms with E-state index in [1.165, 1.54) is 24.8 Å². The summed E-state index contributed by atoms with van der Waals surface area (Å²) in [5.74, 6) is 1.13. The highest BCUT2D eigenvalue weighted by Gasteiger charge is 2.30. The van der Waals surface area contributed by atoms with Gasteiger partial charge in [-0.3, -0.25) is 0 Å². The highest BCUT2D eigenvalue weighted by Crippen LogP contribution is 2.36. The van der Waals surface area contributed by atoms with Crippen LogP contribution in [0.25, 0.3) is 11.0 Å². The van der Waals surface area contributed by atoms with Gasteiger partial charge in [-0.2, -0.15) is 0 Å². The Kier molecular flexibility index (Phi) is 3.09. The van der Waals surface area contributed by atoms with Crippen molar-refractivity contribution in [2.24, 2.45) is 12.5 Å². The van der Waals surface area contributed by atoms with Gasteiger partial charge in [0.25, 0.3) is 0 Å². The molecule has 19 heavy (non-hydrogen) atoms. The lowest BCUT2D eigenvalue weighted by atomic mass is 9.92. The van der Waals surface area contributed by atoms with Crippen LogP contribution in [0.15, 0.2) is 24.3 Å². The minimum absolute atomic E-state index is 0.504. The molecule has 0 radical (unpaired) electrons. The Morgan fingerprint density at radius 1 is 1.37 bits per heavy atom. The first-order chi connectivity index (χ1) is 9.05. The third kappa shape index (κ3) is 2.52. The number of hydrogen-bond donors (Lipinski definition) is 1. The number of imidazole rings is 1. The largest absolute Gasteiger partial charge is 0.330 e. The fourth-order valence-corrected chi connectivity index (χ4v) is 3.20. The Labute approximate surface area is 115 Å². The second-order valence-corrected chi connectivity index (χ2v) is 6.56. The van der Waals surface area contributed by atoms with Crippen LogP contribution >= 0.6 is 0 Å². The number of nitrogens with one attached hydrogen (secondary N) is 1. The number of aryl methyl sites for hydroxylation is 1. The molecule has 0 bridgehead atoms. The molecule has 1 aliphatic rings. The van der Waals surface area contributed by atoms with Gasteiger partial charge in [0, 0.05) is 13.1 Å². The van der Waals surface area contributed by atoms with Crippen molar-refractivity contribution in [2.45, 2.75) is 45.7 Å². The number of fused-ring (bicyclic) bond motifs is 1. The smallest absolute Gasteiger partial charge is 0.123 e. The van der Waals surface area contributed by atoms with Crippen molar-refractivity contribution in [3.05, 3.63) is 30.1 Å². The van der Waals surface area contributed by atoms with Crippen LogP contribution in [-0.4, -0.2) is 15.6 Å². The van der Waals surface area contributed by atoms with Crippen LogP contribution in [0.4, 0.5) is 0 Å². The first-order valence-electron chi connectivity index (χ1n) is 7.19. The Morgan fingerprint density at radius 2 is 2.16 bits per heavy atom. The fraction of sp³-hybridized carbons (Fsp3) is 0.562. The lowest BCUT2D eigenvalue weighted by molar-refractivity contribution is 0.363. The molecule has 2 aromatic rings. The Bertz CT molecular complexity index is 583. The van der Waals surface area contributed by atoms with E-state index in [4.69, 9.17) is 4.98 Å². The standard InChI is InChI=1S/C16H23N3/c1-16(2)9-8-12(10-16)17-11-15-18-13-6-4-5-7-14(13)19(15)3/h4-7,12,17H,8-11H2,1-3H3. The minimum atomic E-state index is 0.504. The van der Waals surface area contributed by atoms with Gasteiger partial charge in [-0.1, -0.05) is 26.0 Å². The molecule has 1 aliphatic carbocycles. The molecule has 1 heterocycles. The monoisotopic (exact) mass is 257 g/mol. The van der Waals surface area contributed by atoms with Gasteiger partial charge in [0.05, 0.1) is 17.6 Å². The molecule has 1 atom stereocenters. The van der Waals surface area contributed by atoms with Gasteiger partial charge in [0.2, 0.25) is 0 Å². The molecule has 0 saturated heterocycles. The first-order valence-corrected chi connectivity index (χ1v) is 7.19. The van der Waals surface area contributed by atoms with Crippen molar-refractivity contribution in [1.82, 2.24) is 14.9 Å². The zero-order chi connectivity index (χ0) is 13.5. The zero-order valence-electron chi connectivity index (χ0n) is 12.1. The van der Waals surface area contributed by atoms with Crippen molar-refractivity contribution in [1.29, 1.82) is 0 Å². The van der Waals surface area contributed by atoms with Crippen LogP contribution in [0.5, 0.6) is 0 Å². The molecule has 1 fully saturated rings. The molecular weight excluding hydrogens is 234 g/mol. The average Bonchev–Trinajstić information content (AvgIpc) is 2.88. The lowest BCUT2D eigenvalue weighted by Gasteiger charge is -2.17. The molecule has 1 saturated carbocycles. The van der Waals surface area contributed by atoms with Crippen molar-refractivity contribution >= 4 is 11.0 Å². The van der Waals surface area contributed by atoms with Crippen LogP contribution in [0.1, 0.15) is 38.9 Å². The second-order valence-electron chi connectivity index (χ2n) is 6.56. The zero-order valence-corrected chi connectivity index (χ0v) is 12.1. The van der Waals surface area contributed by atoms with E-state index in [0.717, 1.165) is 17.9 Å². The maximum atomic E-state index is 4.71. The SMILES string of the molecule is Cn1c(CNC2CCC(C)(C)C2)nc2ccccc21. The Hall–Kier alpha value is -1.35. The van der Waals surface area contributed by atoms with E-state index in [0.29, 0.717) is 11.5 Å². The third-order valence-electron chi connectivity index (χ3n) is 4.40. The topological polar surface area (TPSA) is 29.9 Å². The molecular formula is C16H23N3. The van der Waals surface area contributed by atoms with E-state index in [-0.39, 0.29) is 0 Å². The maximum absolute atomic E-state index is 4.71. The summed E-state index contributed by atoms with van der Waals surface area (Å²) in [6, 6.07) is 8.98. The molecule has 102 valence electrons. The van der Waals surface area contributed by atoms with Crippen LogP contribution in [0.2, 0.25) is 0 Å². The van der Waals surface area contributed by atoms with Crippen molar-refractivity contribution in [2.75, 3.05) is 0 Å². The highest BCUT2D eigenvalue weighted by molar-refractivity contribution is 5.75. The quantitative estimate of drug-likeness (QED) is 0.914. The van der Waals surface area contributed by atoms with Gasteiger partial charge in [0.15, 0.2) is 0 Å². The Balaban J connectivity index is 1.71. The third-order valence-corrected chi connectivity index (χ3v) is 4.40. The van der Waals surface area contributed by atoms with Gasteiger partial charge in [0.1, 0.15) is 5.82 Å². The maximum Gasteiger partial charge on any atom is 0.123 e. The summed E-state index contributed by atoms with van der Waals surface area (Å²) in [7, 11) is 2.10. The molecule has 1 N–H and O–H groups in total. The molecule has 1 aromatic heterocycles. The number of benzene rings is 1. The predicted octanol–water partition coefficient (Wildman–Crippen LogP) is 3.24. The number of aromatic nitrogens is 2. The van der Waals surface area contributed by atoms with Gasteiger partial charge in [-0.05, 0) is 36.8 Å². The van der Waals surface area contributed by atoms with E-state index in [1.54, 1.807) is 0 Å². The molecule has 3 rings (SSSR count). The summed E-state index contributed by atoms with van der Waals surface area (Å²) < 4.78 is 2.20. The highest BCUT2D eigenvalue weighted by atomic mass is 15.1.